The predicted molar refractivity (Wildman–Crippen MR) is 70.4 cm³/mol. The summed E-state index contributed by atoms with van der Waals surface area (Å²) in [6.45, 7) is 0. The van der Waals surface area contributed by atoms with Crippen molar-refractivity contribution in [3.05, 3.63) is 73.1 Å². The first-order chi connectivity index (χ1) is 9.00. The van der Waals surface area contributed by atoms with E-state index in [1.54, 1.807) is 18.2 Å². The molecule has 0 saturated carbocycles. The summed E-state index contributed by atoms with van der Waals surface area (Å²) in [5.41, 5.74) is 0. The van der Waals surface area contributed by atoms with Gasteiger partial charge in [0.1, 0.15) is 6.26 Å². The second-order valence-corrected chi connectivity index (χ2v) is 2.86. The molecule has 92 valence electrons. The molecule has 0 radical (unpaired) electrons. The van der Waals surface area contributed by atoms with Crippen LogP contribution in [-0.4, -0.2) is 6.21 Å². The molecule has 1 aliphatic heterocycles. The second-order valence-electron chi connectivity index (χ2n) is 2.86. The maximum atomic E-state index is 4.55. The first-order valence-electron chi connectivity index (χ1n) is 5.24. The van der Waals surface area contributed by atoms with Gasteiger partial charge in [-0.1, -0.05) is 54.7 Å². The van der Waals surface area contributed by atoms with Crippen molar-refractivity contribution in [1.29, 1.82) is 0 Å². The van der Waals surface area contributed by atoms with Crippen molar-refractivity contribution in [2.75, 3.05) is 0 Å². The molecule has 1 heterocycles. The highest BCUT2D eigenvalue weighted by atomic mass is 17.3. The molecule has 0 N–H and O–H groups in total. The van der Waals surface area contributed by atoms with Gasteiger partial charge < -0.3 is 0 Å². The molecule has 18 heavy (non-hydrogen) atoms. The van der Waals surface area contributed by atoms with E-state index >= 15 is 0 Å². The van der Waals surface area contributed by atoms with E-state index in [0.29, 0.717) is 0 Å². The van der Waals surface area contributed by atoms with Crippen molar-refractivity contribution in [3.63, 3.8) is 0 Å². The van der Waals surface area contributed by atoms with Crippen LogP contribution in [0.15, 0.2) is 88.7 Å². The Morgan fingerprint density at radius 3 is 1.83 bits per heavy atom. The fraction of sp³-hybridized carbons (Fsp3) is 0. The molecule has 1 rings (SSSR count). The van der Waals surface area contributed by atoms with Crippen molar-refractivity contribution in [2.24, 2.45) is 15.6 Å². The van der Waals surface area contributed by atoms with Gasteiger partial charge in [0, 0.05) is 0 Å². The topological polar surface area (TPSA) is 55.5 Å². The molecule has 0 amide bonds. The van der Waals surface area contributed by atoms with E-state index in [2.05, 4.69) is 25.5 Å². The van der Waals surface area contributed by atoms with Crippen LogP contribution in [0, 0.1) is 0 Å². The first kappa shape index (κ1) is 13.4. The average molecular weight is 243 g/mol. The third-order valence-electron chi connectivity index (χ3n) is 1.56. The lowest BCUT2D eigenvalue weighted by molar-refractivity contribution is -0.257. The fourth-order valence-corrected chi connectivity index (χ4v) is 0.853. The lowest BCUT2D eigenvalue weighted by atomic mass is 10.3. The molecule has 0 aromatic heterocycles. The number of rotatable bonds is 0. The van der Waals surface area contributed by atoms with Crippen molar-refractivity contribution in [2.45, 2.75) is 0 Å². The van der Waals surface area contributed by atoms with Crippen LogP contribution in [0.2, 0.25) is 0 Å². The summed E-state index contributed by atoms with van der Waals surface area (Å²) in [7, 11) is 0. The Kier molecular flexibility index (Phi) is 8.04. The summed E-state index contributed by atoms with van der Waals surface area (Å²) in [6, 6.07) is 0. The van der Waals surface area contributed by atoms with Gasteiger partial charge >= 0.3 is 0 Å². The Labute approximate surface area is 105 Å². The summed E-state index contributed by atoms with van der Waals surface area (Å²) in [5.74, 6) is 0. The van der Waals surface area contributed by atoms with E-state index in [4.69, 9.17) is 0 Å². The highest BCUT2D eigenvalue weighted by Gasteiger charge is 1.73. The standard InChI is InChI=1S/C13H13N3O2/c1-2-4-6-8-10-12-14-15-16-18-17-13-11-9-7-5-3-1/h1-13H/b2-1?,5-3-,6-4?,9-7-,10-8+,13-11+,14-12+,16-15-. The lowest BCUT2D eigenvalue weighted by Gasteiger charge is -1.87. The smallest absolute Gasteiger partial charge is 0.145 e. The Hall–Kier alpha value is -2.69. The summed E-state index contributed by atoms with van der Waals surface area (Å²) < 4.78 is 0. The van der Waals surface area contributed by atoms with E-state index < -0.39 is 0 Å². The Morgan fingerprint density at radius 1 is 0.611 bits per heavy atom. The van der Waals surface area contributed by atoms with E-state index in [1.165, 1.54) is 12.5 Å². The first-order valence-corrected chi connectivity index (χ1v) is 5.24. The molecule has 0 unspecified atom stereocenters. The van der Waals surface area contributed by atoms with Gasteiger partial charge in [0.25, 0.3) is 0 Å². The van der Waals surface area contributed by atoms with Crippen LogP contribution >= 0.6 is 0 Å². The number of hydrogen-bond donors (Lipinski definition) is 0. The zero-order chi connectivity index (χ0) is 12.7. The highest BCUT2D eigenvalue weighted by molar-refractivity contribution is 5.71. The molecule has 0 aromatic carbocycles. The largest absolute Gasteiger partial charge is 0.274 e. The van der Waals surface area contributed by atoms with Gasteiger partial charge in [-0.25, -0.2) is 0 Å². The van der Waals surface area contributed by atoms with Gasteiger partial charge in [-0.3, -0.25) is 4.89 Å². The van der Waals surface area contributed by atoms with Crippen LogP contribution in [-0.2, 0) is 9.88 Å². The molecule has 0 bridgehead atoms. The van der Waals surface area contributed by atoms with Gasteiger partial charge in [0.05, 0.1) is 11.5 Å². The maximum Gasteiger partial charge on any atom is 0.145 e. The highest BCUT2D eigenvalue weighted by Crippen LogP contribution is 1.88. The maximum absolute atomic E-state index is 4.55. The predicted octanol–water partition coefficient (Wildman–Crippen LogP) is 3.60. The minimum absolute atomic E-state index is 1.33. The van der Waals surface area contributed by atoms with E-state index in [9.17, 15) is 0 Å². The van der Waals surface area contributed by atoms with Crippen LogP contribution in [0.25, 0.3) is 0 Å². The van der Waals surface area contributed by atoms with Crippen LogP contribution < -0.4 is 0 Å². The summed E-state index contributed by atoms with van der Waals surface area (Å²) >= 11 is 0. The van der Waals surface area contributed by atoms with Crippen LogP contribution in [0.4, 0.5) is 0 Å². The van der Waals surface area contributed by atoms with Gasteiger partial charge in [-0.2, -0.15) is 0 Å². The average Bonchev–Trinajstić information content (AvgIpc) is 2.39. The molecular formula is C13H13N3O2. The number of nitrogens with zero attached hydrogens (tertiary/aromatic N) is 3. The monoisotopic (exact) mass is 243 g/mol. The van der Waals surface area contributed by atoms with Crippen LogP contribution in [0.1, 0.15) is 0 Å². The molecule has 0 spiro atoms. The lowest BCUT2D eigenvalue weighted by Crippen LogP contribution is -1.74. The fourth-order valence-electron chi connectivity index (χ4n) is 0.853. The number of allylic oxidation sites excluding steroid dienone is 11. The third kappa shape index (κ3) is 8.60. The summed E-state index contributed by atoms with van der Waals surface area (Å²) in [5, 5.41) is 10.1. The van der Waals surface area contributed by atoms with E-state index in [1.807, 2.05) is 48.6 Å². The zero-order valence-corrected chi connectivity index (χ0v) is 9.66. The SMILES string of the molecule is C1=C\C=C/C=C\C=C\OO\N=N/N=C/C=C/C=C1. The normalized spacial score (nSPS) is 26.7. The van der Waals surface area contributed by atoms with E-state index in [-0.39, 0.29) is 0 Å². The second kappa shape index (κ2) is 10.8. The molecular weight excluding hydrogens is 230 g/mol. The molecule has 0 atom stereocenters. The minimum atomic E-state index is 1.33. The third-order valence-corrected chi connectivity index (χ3v) is 1.56. The Bertz CT molecular complexity index is 399. The minimum Gasteiger partial charge on any atom is -0.274 e. The summed E-state index contributed by atoms with van der Waals surface area (Å²) in [6.07, 6.45) is 23.0. The molecule has 0 saturated heterocycles. The molecule has 0 fully saturated rings. The molecule has 0 aromatic rings. The van der Waals surface area contributed by atoms with Crippen molar-refractivity contribution < 1.29 is 9.88 Å². The zero-order valence-electron chi connectivity index (χ0n) is 9.66. The molecule has 1 aliphatic rings. The Balaban J connectivity index is 2.58. The summed E-state index contributed by atoms with van der Waals surface area (Å²) in [4.78, 5) is 8.88. The van der Waals surface area contributed by atoms with Crippen molar-refractivity contribution in [1.82, 2.24) is 0 Å². The molecule has 5 heteroatoms. The van der Waals surface area contributed by atoms with Gasteiger partial charge in [-0.05, 0) is 17.4 Å². The molecule has 5 nitrogen and oxygen atoms in total. The van der Waals surface area contributed by atoms with Crippen LogP contribution in [0.5, 0.6) is 0 Å². The van der Waals surface area contributed by atoms with Gasteiger partial charge in [0.2, 0.25) is 0 Å². The number of hydrogen-bond acceptors (Lipinski definition) is 5. The molecule has 0 aliphatic carbocycles. The quantitative estimate of drug-likeness (QED) is 0.610. The van der Waals surface area contributed by atoms with Crippen molar-refractivity contribution in [3.8, 4) is 0 Å². The van der Waals surface area contributed by atoms with Gasteiger partial charge in [0.15, 0.2) is 0 Å². The van der Waals surface area contributed by atoms with Crippen LogP contribution in [0.3, 0.4) is 0 Å². The van der Waals surface area contributed by atoms with E-state index in [0.717, 1.165) is 0 Å². The van der Waals surface area contributed by atoms with Gasteiger partial charge in [-0.15, -0.1) is 10.1 Å². The van der Waals surface area contributed by atoms with Crippen molar-refractivity contribution >= 4 is 6.21 Å². The Morgan fingerprint density at radius 2 is 1.17 bits per heavy atom.